The Morgan fingerprint density at radius 2 is 2.00 bits per heavy atom. The van der Waals surface area contributed by atoms with Gasteiger partial charge in [0.15, 0.2) is 16.6 Å². The molecule has 82 valence electrons. The summed E-state index contributed by atoms with van der Waals surface area (Å²) in [5.74, 6) is -0.842. The zero-order chi connectivity index (χ0) is 11.5. The topological polar surface area (TPSA) is 52.3 Å². The minimum atomic E-state index is -0.520. The van der Waals surface area contributed by atoms with Gasteiger partial charge in [0.05, 0.1) is 4.88 Å². The van der Waals surface area contributed by atoms with Crippen LogP contribution in [0.15, 0.2) is 36.4 Å². The molecule has 0 aliphatic rings. The lowest BCUT2D eigenvalue weighted by Gasteiger charge is -2.02. The van der Waals surface area contributed by atoms with Crippen LogP contribution in [-0.4, -0.2) is 5.91 Å². The summed E-state index contributed by atoms with van der Waals surface area (Å²) in [5, 5.41) is 0.430. The molecule has 0 saturated heterocycles. The molecule has 3 nitrogen and oxygen atoms in total. The molecule has 0 spiro atoms. The van der Waals surface area contributed by atoms with Crippen molar-refractivity contribution < 1.29 is 13.9 Å². The van der Waals surface area contributed by atoms with Gasteiger partial charge in [0, 0.05) is 0 Å². The lowest BCUT2D eigenvalue weighted by Crippen LogP contribution is -2.07. The third-order valence-electron chi connectivity index (χ3n) is 1.87. The number of primary amides is 1. The molecule has 5 heteroatoms. The highest BCUT2D eigenvalue weighted by Gasteiger charge is 2.08. The first kappa shape index (κ1) is 10.6. The van der Waals surface area contributed by atoms with Crippen molar-refractivity contribution in [2.24, 2.45) is 5.73 Å². The monoisotopic (exact) mass is 237 g/mol. The summed E-state index contributed by atoms with van der Waals surface area (Å²) in [4.78, 5) is 11.2. The highest BCUT2D eigenvalue weighted by molar-refractivity contribution is 7.15. The second-order valence-electron chi connectivity index (χ2n) is 3.02. The minimum Gasteiger partial charge on any atom is -0.444 e. The molecule has 0 unspecified atom stereocenters. The van der Waals surface area contributed by atoms with Gasteiger partial charge in [0.1, 0.15) is 0 Å². The molecule has 2 rings (SSSR count). The van der Waals surface area contributed by atoms with Crippen LogP contribution in [0.3, 0.4) is 0 Å². The van der Waals surface area contributed by atoms with E-state index in [1.165, 1.54) is 12.1 Å². The summed E-state index contributed by atoms with van der Waals surface area (Å²) in [6.45, 7) is 0. The van der Waals surface area contributed by atoms with Crippen molar-refractivity contribution in [3.8, 4) is 10.8 Å². The highest BCUT2D eigenvalue weighted by Crippen LogP contribution is 2.30. The van der Waals surface area contributed by atoms with Crippen LogP contribution in [0.2, 0.25) is 0 Å². The second-order valence-corrected chi connectivity index (χ2v) is 4.06. The van der Waals surface area contributed by atoms with Crippen molar-refractivity contribution in [1.82, 2.24) is 0 Å². The molecular weight excluding hydrogens is 229 g/mol. The van der Waals surface area contributed by atoms with Crippen molar-refractivity contribution in [2.45, 2.75) is 0 Å². The van der Waals surface area contributed by atoms with Crippen LogP contribution in [0.5, 0.6) is 10.8 Å². The highest BCUT2D eigenvalue weighted by atomic mass is 32.1. The van der Waals surface area contributed by atoms with E-state index in [1.54, 1.807) is 24.3 Å². The van der Waals surface area contributed by atoms with E-state index in [1.807, 2.05) is 0 Å². The molecule has 0 aliphatic heterocycles. The molecule has 1 aromatic heterocycles. The molecule has 2 N–H and O–H groups in total. The molecule has 0 fully saturated rings. The van der Waals surface area contributed by atoms with Crippen molar-refractivity contribution >= 4 is 17.2 Å². The fourth-order valence-corrected chi connectivity index (χ4v) is 1.86. The van der Waals surface area contributed by atoms with Crippen LogP contribution in [0.4, 0.5) is 4.39 Å². The van der Waals surface area contributed by atoms with E-state index < -0.39 is 11.7 Å². The number of carbonyl (C=O) groups excluding carboxylic acids is 1. The molecule has 2 aromatic rings. The zero-order valence-corrected chi connectivity index (χ0v) is 8.96. The Bertz CT molecular complexity index is 524. The summed E-state index contributed by atoms with van der Waals surface area (Å²) in [7, 11) is 0. The van der Waals surface area contributed by atoms with Crippen LogP contribution in [0, 0.1) is 5.82 Å². The van der Waals surface area contributed by atoms with Crippen LogP contribution in [0.1, 0.15) is 9.67 Å². The van der Waals surface area contributed by atoms with Gasteiger partial charge < -0.3 is 10.5 Å². The van der Waals surface area contributed by atoms with Crippen molar-refractivity contribution in [1.29, 1.82) is 0 Å². The number of hydrogen-bond acceptors (Lipinski definition) is 3. The van der Waals surface area contributed by atoms with Gasteiger partial charge in [-0.15, -0.1) is 0 Å². The number of ether oxygens (including phenoxy) is 1. The number of carbonyl (C=O) groups is 1. The smallest absolute Gasteiger partial charge is 0.258 e. The normalized spacial score (nSPS) is 10.1. The van der Waals surface area contributed by atoms with Gasteiger partial charge in [-0.05, 0) is 24.3 Å². The number of nitrogens with two attached hydrogens (primary N) is 1. The minimum absolute atomic E-state index is 0.125. The van der Waals surface area contributed by atoms with Crippen LogP contribution in [-0.2, 0) is 0 Å². The number of hydrogen-bond donors (Lipinski definition) is 1. The summed E-state index contributed by atoms with van der Waals surface area (Å²) in [6.07, 6.45) is 0. The third kappa shape index (κ3) is 2.20. The van der Waals surface area contributed by atoms with E-state index in [9.17, 15) is 9.18 Å². The summed E-state index contributed by atoms with van der Waals surface area (Å²) < 4.78 is 18.5. The number of thiophene rings is 1. The van der Waals surface area contributed by atoms with Crippen molar-refractivity contribution in [2.75, 3.05) is 0 Å². The molecule has 0 saturated carbocycles. The Hall–Kier alpha value is -1.88. The first-order valence-electron chi connectivity index (χ1n) is 4.49. The number of rotatable bonds is 3. The summed E-state index contributed by atoms with van der Waals surface area (Å²) in [6, 6.07) is 9.18. The lowest BCUT2D eigenvalue weighted by molar-refractivity contribution is 0.100. The van der Waals surface area contributed by atoms with Gasteiger partial charge in [-0.2, -0.15) is 0 Å². The Kier molecular flexibility index (Phi) is 2.87. The zero-order valence-electron chi connectivity index (χ0n) is 8.14. The van der Waals surface area contributed by atoms with Gasteiger partial charge in [-0.3, -0.25) is 4.79 Å². The number of amides is 1. The fraction of sp³-hybridized carbons (Fsp3) is 0. The molecule has 0 bridgehead atoms. The van der Waals surface area contributed by atoms with E-state index in [2.05, 4.69) is 0 Å². The Labute approximate surface area is 95.3 Å². The van der Waals surface area contributed by atoms with Gasteiger partial charge >= 0.3 is 0 Å². The van der Waals surface area contributed by atoms with Crippen molar-refractivity contribution in [3.05, 3.63) is 47.1 Å². The third-order valence-corrected chi connectivity index (χ3v) is 2.85. The Morgan fingerprint density at radius 1 is 1.25 bits per heavy atom. The van der Waals surface area contributed by atoms with E-state index in [0.717, 1.165) is 11.3 Å². The first-order valence-corrected chi connectivity index (χ1v) is 5.30. The van der Waals surface area contributed by atoms with E-state index in [4.69, 9.17) is 10.5 Å². The average molecular weight is 237 g/mol. The van der Waals surface area contributed by atoms with Gasteiger partial charge in [-0.25, -0.2) is 4.39 Å². The quantitative estimate of drug-likeness (QED) is 0.892. The fourth-order valence-electron chi connectivity index (χ4n) is 1.14. The number of benzene rings is 1. The van der Waals surface area contributed by atoms with Crippen LogP contribution < -0.4 is 10.5 Å². The summed E-state index contributed by atoms with van der Waals surface area (Å²) in [5.41, 5.74) is 5.09. The summed E-state index contributed by atoms with van der Waals surface area (Å²) >= 11 is 1.08. The SMILES string of the molecule is NC(=O)c1ccc(Oc2ccccc2F)s1. The van der Waals surface area contributed by atoms with Crippen LogP contribution in [0.25, 0.3) is 0 Å². The molecule has 1 aromatic carbocycles. The first-order chi connectivity index (χ1) is 7.66. The predicted molar refractivity (Wildman–Crippen MR) is 59.3 cm³/mol. The van der Waals surface area contributed by atoms with Crippen molar-refractivity contribution in [3.63, 3.8) is 0 Å². The number of para-hydroxylation sites is 1. The van der Waals surface area contributed by atoms with Crippen LogP contribution >= 0.6 is 11.3 Å². The van der Waals surface area contributed by atoms with E-state index >= 15 is 0 Å². The average Bonchev–Trinajstić information content (AvgIpc) is 2.70. The molecule has 1 heterocycles. The molecule has 0 radical (unpaired) electrons. The van der Waals surface area contributed by atoms with Gasteiger partial charge in [-0.1, -0.05) is 23.5 Å². The maximum absolute atomic E-state index is 13.2. The molecule has 0 atom stereocenters. The Morgan fingerprint density at radius 3 is 2.62 bits per heavy atom. The molecule has 16 heavy (non-hydrogen) atoms. The molecule has 0 aliphatic carbocycles. The predicted octanol–water partition coefficient (Wildman–Crippen LogP) is 2.78. The molecule has 1 amide bonds. The lowest BCUT2D eigenvalue weighted by atomic mass is 10.3. The largest absolute Gasteiger partial charge is 0.444 e. The molecular formula is C11H8FNO2S. The van der Waals surface area contributed by atoms with E-state index in [-0.39, 0.29) is 5.75 Å². The maximum Gasteiger partial charge on any atom is 0.258 e. The van der Waals surface area contributed by atoms with Gasteiger partial charge in [0.2, 0.25) is 0 Å². The second kappa shape index (κ2) is 4.32. The Balaban J connectivity index is 2.21. The maximum atomic E-state index is 13.2. The van der Waals surface area contributed by atoms with E-state index in [0.29, 0.717) is 9.94 Å². The standard InChI is InChI=1S/C11H8FNO2S/c12-7-3-1-2-4-8(7)15-10-6-5-9(16-10)11(13)14/h1-6H,(H2,13,14). The van der Waals surface area contributed by atoms with Gasteiger partial charge in [0.25, 0.3) is 5.91 Å². The number of halogens is 1.